The lowest BCUT2D eigenvalue weighted by Gasteiger charge is -2.33. The highest BCUT2D eigenvalue weighted by molar-refractivity contribution is 5.60. The fraction of sp³-hybridized carbons (Fsp3) is 0.429. The summed E-state index contributed by atoms with van der Waals surface area (Å²) >= 11 is 0. The van der Waals surface area contributed by atoms with E-state index in [0.717, 1.165) is 68.3 Å². The number of nitrogens with one attached hydrogen (secondary N) is 1. The normalized spacial score (nSPS) is 17.0. The summed E-state index contributed by atoms with van der Waals surface area (Å²) in [6, 6.07) is 4.39. The average molecular weight is 375 g/mol. The van der Waals surface area contributed by atoms with Crippen LogP contribution in [0.2, 0.25) is 0 Å². The molecule has 0 unspecified atom stereocenters. The molecule has 0 atom stereocenters. The van der Waals surface area contributed by atoms with E-state index in [1.54, 1.807) is 6.20 Å². The molecule has 4 heterocycles. The van der Waals surface area contributed by atoms with E-state index in [2.05, 4.69) is 31.8 Å². The van der Waals surface area contributed by atoms with Crippen molar-refractivity contribution in [3.05, 3.63) is 48.2 Å². The van der Waals surface area contributed by atoms with Crippen LogP contribution < -0.4 is 10.2 Å². The molecule has 1 aliphatic heterocycles. The van der Waals surface area contributed by atoms with Gasteiger partial charge in [0.2, 0.25) is 5.95 Å². The van der Waals surface area contributed by atoms with E-state index in [1.165, 1.54) is 11.3 Å². The number of hydrogen-bond acceptors (Lipinski definition) is 6. The Balaban J connectivity index is 1.34. The lowest BCUT2D eigenvalue weighted by molar-refractivity contribution is 0.514. The quantitative estimate of drug-likeness (QED) is 0.756. The molecule has 7 nitrogen and oxygen atoms in total. The summed E-state index contributed by atoms with van der Waals surface area (Å²) in [6.07, 6.45) is 12.9. The van der Waals surface area contributed by atoms with E-state index < -0.39 is 0 Å². The van der Waals surface area contributed by atoms with E-state index in [-0.39, 0.29) is 0 Å². The van der Waals surface area contributed by atoms with Gasteiger partial charge in [0, 0.05) is 67.8 Å². The lowest BCUT2D eigenvalue weighted by Crippen LogP contribution is -2.40. The minimum absolute atomic E-state index is 0.429. The van der Waals surface area contributed by atoms with Crippen LogP contribution in [0.5, 0.6) is 0 Å². The van der Waals surface area contributed by atoms with Gasteiger partial charge < -0.3 is 14.8 Å². The smallest absolute Gasteiger partial charge is 0.205 e. The Hall–Kier alpha value is -2.96. The first kappa shape index (κ1) is 17.2. The van der Waals surface area contributed by atoms with Crippen LogP contribution in [0.3, 0.4) is 0 Å². The predicted molar refractivity (Wildman–Crippen MR) is 109 cm³/mol. The van der Waals surface area contributed by atoms with Crippen LogP contribution >= 0.6 is 0 Å². The number of fused-ring (bicyclic) bond motifs is 1. The third kappa shape index (κ3) is 3.21. The zero-order valence-electron chi connectivity index (χ0n) is 16.2. The minimum Gasteiger partial charge on any atom is -0.367 e. The molecular formula is C21H25N7. The number of pyridine rings is 1. The molecule has 1 N–H and O–H groups in total. The number of anilines is 2. The predicted octanol–water partition coefficient (Wildman–Crippen LogP) is 2.84. The Morgan fingerprint density at radius 2 is 2.00 bits per heavy atom. The molecule has 1 fully saturated rings. The van der Waals surface area contributed by atoms with Crippen molar-refractivity contribution < 1.29 is 0 Å². The van der Waals surface area contributed by atoms with Crippen molar-refractivity contribution in [3.63, 3.8) is 0 Å². The van der Waals surface area contributed by atoms with Crippen molar-refractivity contribution >= 4 is 11.8 Å². The second kappa shape index (κ2) is 7.22. The van der Waals surface area contributed by atoms with Crippen LogP contribution in [0.25, 0.3) is 11.4 Å². The van der Waals surface area contributed by atoms with E-state index in [1.807, 2.05) is 30.7 Å². The van der Waals surface area contributed by atoms with Gasteiger partial charge in [-0.25, -0.2) is 15.0 Å². The molecule has 0 aromatic carbocycles. The third-order valence-electron chi connectivity index (χ3n) is 5.77. The van der Waals surface area contributed by atoms with E-state index in [9.17, 15) is 0 Å². The van der Waals surface area contributed by atoms with Crippen LogP contribution in [-0.4, -0.2) is 43.6 Å². The summed E-state index contributed by atoms with van der Waals surface area (Å²) in [4.78, 5) is 20.8. The van der Waals surface area contributed by atoms with E-state index in [0.29, 0.717) is 6.04 Å². The molecule has 3 aromatic rings. The van der Waals surface area contributed by atoms with E-state index in [4.69, 9.17) is 9.97 Å². The molecular weight excluding hydrogens is 350 g/mol. The van der Waals surface area contributed by atoms with Crippen molar-refractivity contribution in [1.82, 2.24) is 24.5 Å². The topological polar surface area (TPSA) is 71.8 Å². The number of hydrogen-bond donors (Lipinski definition) is 1. The molecule has 0 spiro atoms. The second-order valence-corrected chi connectivity index (χ2v) is 7.66. The van der Waals surface area contributed by atoms with Crippen molar-refractivity contribution in [3.8, 4) is 11.4 Å². The molecule has 144 valence electrons. The number of imidazole rings is 1. The van der Waals surface area contributed by atoms with Crippen molar-refractivity contribution in [2.45, 2.75) is 38.1 Å². The minimum atomic E-state index is 0.429. The zero-order valence-corrected chi connectivity index (χ0v) is 16.2. The van der Waals surface area contributed by atoms with Gasteiger partial charge in [-0.1, -0.05) is 0 Å². The summed E-state index contributed by atoms with van der Waals surface area (Å²) in [5, 5.41) is 3.75. The van der Waals surface area contributed by atoms with Crippen LogP contribution in [0.1, 0.15) is 30.5 Å². The van der Waals surface area contributed by atoms with Gasteiger partial charge in [-0.15, -0.1) is 0 Å². The fourth-order valence-corrected chi connectivity index (χ4v) is 4.26. The molecule has 28 heavy (non-hydrogen) atoms. The second-order valence-electron chi connectivity index (χ2n) is 7.66. The molecule has 5 rings (SSSR count). The Bertz CT molecular complexity index is 958. The van der Waals surface area contributed by atoms with Crippen molar-refractivity contribution in [2.24, 2.45) is 7.05 Å². The van der Waals surface area contributed by atoms with Crippen LogP contribution in [0.15, 0.2) is 36.9 Å². The van der Waals surface area contributed by atoms with Crippen LogP contribution in [-0.2, 0) is 19.9 Å². The van der Waals surface area contributed by atoms with Gasteiger partial charge >= 0.3 is 0 Å². The molecule has 7 heteroatoms. The summed E-state index contributed by atoms with van der Waals surface area (Å²) in [6.45, 7) is 2.01. The van der Waals surface area contributed by atoms with Gasteiger partial charge in [0.05, 0.1) is 0 Å². The number of piperidine rings is 1. The zero-order chi connectivity index (χ0) is 18.9. The standard InChI is InChI=1S/C21H25N7/c1-27-13-10-23-21(27)28-11-7-16(8-12-28)24-20-17-5-2-6-18(17)25-19(26-20)15-4-3-9-22-14-15/h3-4,9-10,13-14,16H,2,5-8,11-12H2,1H3,(H,24,25,26). The number of nitrogens with zero attached hydrogens (tertiary/aromatic N) is 6. The molecule has 0 amide bonds. The first-order chi connectivity index (χ1) is 13.8. The van der Waals surface area contributed by atoms with Crippen molar-refractivity contribution in [1.29, 1.82) is 0 Å². The highest BCUT2D eigenvalue weighted by atomic mass is 15.3. The van der Waals surface area contributed by atoms with Crippen LogP contribution in [0.4, 0.5) is 11.8 Å². The molecule has 0 saturated carbocycles. The number of aromatic nitrogens is 5. The first-order valence-corrected chi connectivity index (χ1v) is 10.1. The molecule has 0 radical (unpaired) electrons. The lowest BCUT2D eigenvalue weighted by atomic mass is 10.0. The van der Waals surface area contributed by atoms with Gasteiger partial charge in [0.1, 0.15) is 5.82 Å². The monoisotopic (exact) mass is 375 g/mol. The summed E-state index contributed by atoms with van der Waals surface area (Å²) in [7, 11) is 2.05. The molecule has 0 bridgehead atoms. The average Bonchev–Trinajstić information content (AvgIpc) is 3.38. The Labute approximate surface area is 164 Å². The number of aryl methyl sites for hydroxylation is 2. The first-order valence-electron chi connectivity index (χ1n) is 10.1. The fourth-order valence-electron chi connectivity index (χ4n) is 4.26. The van der Waals surface area contributed by atoms with Crippen molar-refractivity contribution in [2.75, 3.05) is 23.3 Å². The highest BCUT2D eigenvalue weighted by Crippen LogP contribution is 2.30. The maximum atomic E-state index is 4.90. The SMILES string of the molecule is Cn1ccnc1N1CCC(Nc2nc(-c3cccnc3)nc3c2CCC3)CC1. The Morgan fingerprint density at radius 3 is 2.75 bits per heavy atom. The maximum Gasteiger partial charge on any atom is 0.205 e. The van der Waals surface area contributed by atoms with Gasteiger partial charge in [-0.3, -0.25) is 4.98 Å². The summed E-state index contributed by atoms with van der Waals surface area (Å²) in [5.41, 5.74) is 3.48. The van der Waals surface area contributed by atoms with Gasteiger partial charge in [-0.05, 0) is 44.2 Å². The summed E-state index contributed by atoms with van der Waals surface area (Å²) in [5.74, 6) is 2.86. The Kier molecular flexibility index (Phi) is 4.43. The van der Waals surface area contributed by atoms with Gasteiger partial charge in [0.25, 0.3) is 0 Å². The van der Waals surface area contributed by atoms with Crippen LogP contribution in [0, 0.1) is 0 Å². The highest BCUT2D eigenvalue weighted by Gasteiger charge is 2.25. The number of rotatable bonds is 4. The molecule has 3 aromatic heterocycles. The largest absolute Gasteiger partial charge is 0.367 e. The third-order valence-corrected chi connectivity index (χ3v) is 5.77. The maximum absolute atomic E-state index is 4.90. The molecule has 2 aliphatic rings. The van der Waals surface area contributed by atoms with E-state index >= 15 is 0 Å². The molecule has 1 saturated heterocycles. The summed E-state index contributed by atoms with van der Waals surface area (Å²) < 4.78 is 2.09. The molecule has 1 aliphatic carbocycles. The van der Waals surface area contributed by atoms with Gasteiger partial charge in [-0.2, -0.15) is 0 Å². The van der Waals surface area contributed by atoms with Gasteiger partial charge in [0.15, 0.2) is 5.82 Å². The Morgan fingerprint density at radius 1 is 1.11 bits per heavy atom.